The van der Waals surface area contributed by atoms with E-state index >= 15 is 0 Å². The zero-order valence-corrected chi connectivity index (χ0v) is 14.8. The van der Waals surface area contributed by atoms with Crippen LogP contribution in [0.3, 0.4) is 0 Å². The molecule has 0 spiro atoms. The first kappa shape index (κ1) is 15.6. The fraction of sp³-hybridized carbons (Fsp3) is 0. The number of nitrogens with zero attached hydrogens (tertiary/aromatic N) is 2. The number of benzene rings is 4. The monoisotopic (exact) mass is 346 g/mol. The summed E-state index contributed by atoms with van der Waals surface area (Å²) in [5, 5.41) is 7.42. The molecule has 0 aliphatic heterocycles. The average molecular weight is 346 g/mol. The van der Waals surface area contributed by atoms with Gasteiger partial charge in [0.05, 0.1) is 5.69 Å². The fourth-order valence-corrected chi connectivity index (χ4v) is 3.47. The lowest BCUT2D eigenvalue weighted by Gasteiger charge is -2.05. The summed E-state index contributed by atoms with van der Waals surface area (Å²) in [6.45, 7) is 0. The van der Waals surface area contributed by atoms with Gasteiger partial charge in [0.25, 0.3) is 0 Å². The minimum absolute atomic E-state index is 0.996. The Balaban J connectivity index is 1.73. The molecule has 0 saturated carbocycles. The van der Waals surface area contributed by atoms with E-state index in [1.807, 2.05) is 28.9 Å². The van der Waals surface area contributed by atoms with Gasteiger partial charge in [-0.1, -0.05) is 84.9 Å². The lowest BCUT2D eigenvalue weighted by atomic mass is 9.99. The van der Waals surface area contributed by atoms with Crippen molar-refractivity contribution in [3.8, 4) is 28.1 Å². The van der Waals surface area contributed by atoms with E-state index in [-0.39, 0.29) is 0 Å². The normalized spacial score (nSPS) is 11.0. The first-order valence-corrected chi connectivity index (χ1v) is 9.08. The number of rotatable bonds is 3. The molecule has 4 aromatic carbocycles. The van der Waals surface area contributed by atoms with E-state index in [0.717, 1.165) is 22.5 Å². The zero-order chi connectivity index (χ0) is 18.1. The number of fused-ring (bicyclic) bond motifs is 1. The lowest BCUT2D eigenvalue weighted by molar-refractivity contribution is 0.884. The molecule has 0 aliphatic carbocycles. The molecule has 2 nitrogen and oxygen atoms in total. The van der Waals surface area contributed by atoms with E-state index in [4.69, 9.17) is 5.10 Å². The van der Waals surface area contributed by atoms with E-state index in [1.165, 1.54) is 16.3 Å². The van der Waals surface area contributed by atoms with E-state index in [1.54, 1.807) is 0 Å². The molecule has 5 aromatic rings. The quantitative estimate of drug-likeness (QED) is 0.372. The van der Waals surface area contributed by atoms with Crippen molar-refractivity contribution in [2.24, 2.45) is 0 Å². The summed E-state index contributed by atoms with van der Waals surface area (Å²) >= 11 is 0. The van der Waals surface area contributed by atoms with Crippen molar-refractivity contribution in [1.82, 2.24) is 9.78 Å². The molecule has 0 saturated heterocycles. The molecule has 1 heterocycles. The third kappa shape index (κ3) is 2.91. The van der Waals surface area contributed by atoms with Gasteiger partial charge in [0, 0.05) is 17.3 Å². The van der Waals surface area contributed by atoms with Gasteiger partial charge in [0.1, 0.15) is 5.69 Å². The highest BCUT2D eigenvalue weighted by Gasteiger charge is 2.14. The van der Waals surface area contributed by atoms with Gasteiger partial charge in [-0.2, -0.15) is 5.10 Å². The maximum absolute atomic E-state index is 4.95. The van der Waals surface area contributed by atoms with Crippen molar-refractivity contribution >= 4 is 10.8 Å². The Morgan fingerprint density at radius 3 is 2.00 bits per heavy atom. The predicted octanol–water partition coefficient (Wildman–Crippen LogP) is 6.36. The fourth-order valence-electron chi connectivity index (χ4n) is 3.47. The lowest BCUT2D eigenvalue weighted by Crippen LogP contribution is -1.94. The molecule has 0 unspecified atom stereocenters. The van der Waals surface area contributed by atoms with Crippen molar-refractivity contribution in [2.45, 2.75) is 0 Å². The molecule has 1 aromatic heterocycles. The molecule has 0 fully saturated rings. The van der Waals surface area contributed by atoms with Gasteiger partial charge in [-0.3, -0.25) is 0 Å². The molecular weight excluding hydrogens is 328 g/mol. The Bertz CT molecular complexity index is 1210. The molecule has 0 bridgehead atoms. The van der Waals surface area contributed by atoms with Crippen LogP contribution in [0.2, 0.25) is 0 Å². The molecule has 0 radical (unpaired) electrons. The topological polar surface area (TPSA) is 17.8 Å². The minimum atomic E-state index is 0.996. The second-order valence-electron chi connectivity index (χ2n) is 6.60. The van der Waals surface area contributed by atoms with Gasteiger partial charge < -0.3 is 0 Å². The van der Waals surface area contributed by atoms with E-state index in [2.05, 4.69) is 85.1 Å². The van der Waals surface area contributed by atoms with Gasteiger partial charge >= 0.3 is 0 Å². The SMILES string of the molecule is c1ccc(-c2cn(-c3ccccc3)nc2-c2ccc3ccccc3c2)cc1. The van der Waals surface area contributed by atoms with Crippen molar-refractivity contribution in [1.29, 1.82) is 0 Å². The summed E-state index contributed by atoms with van der Waals surface area (Å²) < 4.78 is 1.97. The number of hydrogen-bond acceptors (Lipinski definition) is 1. The molecule has 5 rings (SSSR count). The van der Waals surface area contributed by atoms with Crippen LogP contribution in [-0.4, -0.2) is 9.78 Å². The second-order valence-corrected chi connectivity index (χ2v) is 6.60. The van der Waals surface area contributed by atoms with Crippen LogP contribution >= 0.6 is 0 Å². The Kier molecular flexibility index (Phi) is 3.80. The van der Waals surface area contributed by atoms with Crippen LogP contribution in [0.25, 0.3) is 38.8 Å². The van der Waals surface area contributed by atoms with Crippen LogP contribution in [0.4, 0.5) is 0 Å². The standard InChI is InChI=1S/C25H18N2/c1-3-10-20(11-4-1)24-18-27(23-13-5-2-6-14-23)26-25(24)22-16-15-19-9-7-8-12-21(19)17-22/h1-18H. The van der Waals surface area contributed by atoms with Crippen molar-refractivity contribution in [3.63, 3.8) is 0 Å². The van der Waals surface area contributed by atoms with Crippen LogP contribution < -0.4 is 0 Å². The summed E-state index contributed by atoms with van der Waals surface area (Å²) in [6.07, 6.45) is 2.12. The van der Waals surface area contributed by atoms with E-state index in [0.29, 0.717) is 0 Å². The molecule has 2 heteroatoms. The summed E-state index contributed by atoms with van der Waals surface area (Å²) in [4.78, 5) is 0. The third-order valence-corrected chi connectivity index (χ3v) is 4.84. The first-order chi connectivity index (χ1) is 13.4. The Morgan fingerprint density at radius 2 is 1.22 bits per heavy atom. The second kappa shape index (κ2) is 6.58. The number of aromatic nitrogens is 2. The maximum Gasteiger partial charge on any atom is 0.101 e. The van der Waals surface area contributed by atoms with Crippen LogP contribution in [0.15, 0.2) is 109 Å². The van der Waals surface area contributed by atoms with Gasteiger partial charge in [-0.15, -0.1) is 0 Å². The zero-order valence-electron chi connectivity index (χ0n) is 14.8. The molecule has 27 heavy (non-hydrogen) atoms. The van der Waals surface area contributed by atoms with Crippen LogP contribution in [0.1, 0.15) is 0 Å². The van der Waals surface area contributed by atoms with Crippen molar-refractivity contribution in [3.05, 3.63) is 109 Å². The Labute approximate surface area is 158 Å². The minimum Gasteiger partial charge on any atom is -0.240 e. The molecule has 0 aliphatic rings. The average Bonchev–Trinajstić information content (AvgIpc) is 3.20. The maximum atomic E-state index is 4.95. The van der Waals surface area contributed by atoms with Crippen molar-refractivity contribution < 1.29 is 0 Å². The number of para-hydroxylation sites is 1. The molecule has 0 N–H and O–H groups in total. The molecule has 128 valence electrons. The molecule has 0 amide bonds. The van der Waals surface area contributed by atoms with Crippen LogP contribution in [0, 0.1) is 0 Å². The summed E-state index contributed by atoms with van der Waals surface area (Å²) in [5.41, 5.74) is 5.48. The summed E-state index contributed by atoms with van der Waals surface area (Å²) in [7, 11) is 0. The highest BCUT2D eigenvalue weighted by molar-refractivity contribution is 5.90. The highest BCUT2D eigenvalue weighted by atomic mass is 15.3. The summed E-state index contributed by atoms with van der Waals surface area (Å²) in [5.74, 6) is 0. The van der Waals surface area contributed by atoms with Gasteiger partial charge in [-0.25, -0.2) is 4.68 Å². The first-order valence-electron chi connectivity index (χ1n) is 9.08. The van der Waals surface area contributed by atoms with Crippen LogP contribution in [-0.2, 0) is 0 Å². The Morgan fingerprint density at radius 1 is 0.556 bits per heavy atom. The molecule has 0 atom stereocenters. The van der Waals surface area contributed by atoms with Gasteiger partial charge in [0.15, 0.2) is 0 Å². The smallest absolute Gasteiger partial charge is 0.101 e. The summed E-state index contributed by atoms with van der Waals surface area (Å²) in [6, 6.07) is 35.7. The van der Waals surface area contributed by atoms with Gasteiger partial charge in [0.2, 0.25) is 0 Å². The van der Waals surface area contributed by atoms with E-state index in [9.17, 15) is 0 Å². The Hall–Kier alpha value is -3.65. The van der Waals surface area contributed by atoms with Gasteiger partial charge in [-0.05, 0) is 34.5 Å². The predicted molar refractivity (Wildman–Crippen MR) is 112 cm³/mol. The van der Waals surface area contributed by atoms with Crippen LogP contribution in [0.5, 0.6) is 0 Å². The highest BCUT2D eigenvalue weighted by Crippen LogP contribution is 2.33. The molecular formula is C25H18N2. The largest absolute Gasteiger partial charge is 0.240 e. The van der Waals surface area contributed by atoms with E-state index < -0.39 is 0 Å². The van der Waals surface area contributed by atoms with Crippen molar-refractivity contribution in [2.75, 3.05) is 0 Å². The third-order valence-electron chi connectivity index (χ3n) is 4.84. The number of hydrogen-bond donors (Lipinski definition) is 0.